The summed E-state index contributed by atoms with van der Waals surface area (Å²) in [6.07, 6.45) is 0. The summed E-state index contributed by atoms with van der Waals surface area (Å²) in [6.45, 7) is 4.41. The van der Waals surface area contributed by atoms with Gasteiger partial charge in [-0.25, -0.2) is 4.98 Å². The number of nitro groups is 1. The van der Waals surface area contributed by atoms with Crippen LogP contribution in [0.4, 0.5) is 23.0 Å². The number of furan rings is 1. The molecule has 11 nitrogen and oxygen atoms in total. The van der Waals surface area contributed by atoms with Crippen molar-refractivity contribution in [3.8, 4) is 0 Å². The zero-order chi connectivity index (χ0) is 28.5. The van der Waals surface area contributed by atoms with E-state index in [2.05, 4.69) is 25.0 Å². The molecule has 1 aromatic carbocycles. The van der Waals surface area contributed by atoms with E-state index >= 15 is 0 Å². The Morgan fingerprint density at radius 1 is 1.05 bits per heavy atom. The van der Waals surface area contributed by atoms with Crippen molar-refractivity contribution in [1.82, 2.24) is 14.8 Å². The number of rotatable bonds is 13. The molecule has 4 rings (SSSR count). The minimum Gasteiger partial charge on any atom is -0.464 e. The normalized spacial score (nSPS) is 13.9. The van der Waals surface area contributed by atoms with Gasteiger partial charge in [0.2, 0.25) is 11.7 Å². The predicted octanol–water partition coefficient (Wildman–Crippen LogP) is 3.77. The highest BCUT2D eigenvalue weighted by Crippen LogP contribution is 2.27. The van der Waals surface area contributed by atoms with Gasteiger partial charge in [0.1, 0.15) is 17.3 Å². The highest BCUT2D eigenvalue weighted by atomic mass is 32.2. The zero-order valence-electron chi connectivity index (χ0n) is 23.3. The number of benzene rings is 1. The molecule has 214 valence electrons. The Hall–Kier alpha value is -3.61. The van der Waals surface area contributed by atoms with E-state index in [1.807, 2.05) is 56.6 Å². The maximum atomic E-state index is 12.8. The van der Waals surface area contributed by atoms with Crippen LogP contribution in [0.1, 0.15) is 11.5 Å². The maximum Gasteiger partial charge on any atom is 0.311 e. The molecule has 1 saturated heterocycles. The van der Waals surface area contributed by atoms with Gasteiger partial charge in [0.05, 0.1) is 23.8 Å². The first-order valence-corrected chi connectivity index (χ1v) is 14.4. The zero-order valence-corrected chi connectivity index (χ0v) is 24.1. The van der Waals surface area contributed by atoms with Gasteiger partial charge >= 0.3 is 5.69 Å². The van der Waals surface area contributed by atoms with Crippen LogP contribution in [0, 0.1) is 10.1 Å². The van der Waals surface area contributed by atoms with Crippen molar-refractivity contribution in [2.24, 2.45) is 0 Å². The number of pyridine rings is 1. The largest absolute Gasteiger partial charge is 0.464 e. The molecular weight excluding hydrogens is 530 g/mol. The minimum absolute atomic E-state index is 0.0403. The molecule has 12 heteroatoms. The standard InChI is InChI=1S/C28H37N7O4S/c1-31(2)19-23-9-10-24(39-23)21-40-18-13-29-28-25(35(37)38)11-12-26(30-28)34-16-14-33(15-17-34)20-27(36)32(3)22-7-5-4-6-8-22/h4-12H,13-21H2,1-3H3,(H,29,30). The van der Waals surface area contributed by atoms with Crippen LogP contribution in [0.3, 0.4) is 0 Å². The fraction of sp³-hybridized carbons (Fsp3) is 0.429. The summed E-state index contributed by atoms with van der Waals surface area (Å²) in [5.74, 6) is 4.34. The van der Waals surface area contributed by atoms with E-state index in [9.17, 15) is 14.9 Å². The Balaban J connectivity index is 1.26. The van der Waals surface area contributed by atoms with Gasteiger partial charge in [0.25, 0.3) is 0 Å². The Bertz CT molecular complexity index is 1260. The molecule has 1 aliphatic heterocycles. The van der Waals surface area contributed by atoms with Gasteiger partial charge in [-0.15, -0.1) is 0 Å². The van der Waals surface area contributed by atoms with Gasteiger partial charge in [0, 0.05) is 57.3 Å². The lowest BCUT2D eigenvalue weighted by Gasteiger charge is -2.35. The van der Waals surface area contributed by atoms with Crippen LogP contribution < -0.4 is 15.1 Å². The number of nitrogens with zero attached hydrogens (tertiary/aromatic N) is 6. The average molecular weight is 568 g/mol. The van der Waals surface area contributed by atoms with Gasteiger partial charge in [-0.2, -0.15) is 11.8 Å². The summed E-state index contributed by atoms with van der Waals surface area (Å²) < 4.78 is 5.84. The molecule has 2 aromatic heterocycles. The van der Waals surface area contributed by atoms with Crippen LogP contribution in [0.2, 0.25) is 0 Å². The van der Waals surface area contributed by atoms with Crippen molar-refractivity contribution >= 4 is 40.7 Å². The van der Waals surface area contributed by atoms with Crippen LogP contribution in [0.25, 0.3) is 0 Å². The number of para-hydroxylation sites is 1. The van der Waals surface area contributed by atoms with Crippen molar-refractivity contribution < 1.29 is 14.1 Å². The molecule has 0 bridgehead atoms. The van der Waals surface area contributed by atoms with Crippen molar-refractivity contribution in [3.63, 3.8) is 0 Å². The molecule has 40 heavy (non-hydrogen) atoms. The molecule has 0 unspecified atom stereocenters. The Kier molecular flexibility index (Phi) is 10.4. The molecule has 3 heterocycles. The fourth-order valence-corrected chi connectivity index (χ4v) is 5.18. The Labute approximate surface area is 239 Å². The summed E-state index contributed by atoms with van der Waals surface area (Å²) in [4.78, 5) is 36.5. The van der Waals surface area contributed by atoms with E-state index in [4.69, 9.17) is 4.42 Å². The van der Waals surface area contributed by atoms with E-state index in [0.29, 0.717) is 45.1 Å². The lowest BCUT2D eigenvalue weighted by molar-refractivity contribution is -0.384. The molecular formula is C28H37N7O4S. The summed E-state index contributed by atoms with van der Waals surface area (Å²) in [5.41, 5.74) is 0.830. The number of carbonyl (C=O) groups is 1. The molecule has 0 atom stereocenters. The van der Waals surface area contributed by atoms with E-state index in [-0.39, 0.29) is 17.4 Å². The molecule has 0 spiro atoms. The number of hydrogen-bond acceptors (Lipinski definition) is 10. The number of likely N-dealkylation sites (N-methyl/N-ethyl adjacent to an activating group) is 1. The quantitative estimate of drug-likeness (QED) is 0.186. The van der Waals surface area contributed by atoms with Gasteiger partial charge in [-0.05, 0) is 44.4 Å². The lowest BCUT2D eigenvalue weighted by Crippen LogP contribution is -2.50. The monoisotopic (exact) mass is 567 g/mol. The fourth-order valence-electron chi connectivity index (χ4n) is 4.43. The van der Waals surface area contributed by atoms with Crippen molar-refractivity contribution in [2.75, 3.05) is 81.3 Å². The number of thioether (sulfide) groups is 1. The number of carbonyl (C=O) groups excluding carboxylic acids is 1. The Morgan fingerprint density at radius 2 is 1.77 bits per heavy atom. The van der Waals surface area contributed by atoms with Gasteiger partial charge < -0.3 is 24.4 Å². The second-order valence-electron chi connectivity index (χ2n) is 9.93. The first-order chi connectivity index (χ1) is 19.3. The molecule has 0 aliphatic carbocycles. The van der Waals surface area contributed by atoms with Crippen LogP contribution in [0.15, 0.2) is 59.0 Å². The van der Waals surface area contributed by atoms with Crippen LogP contribution in [0.5, 0.6) is 0 Å². The number of amides is 1. The van der Waals surface area contributed by atoms with E-state index in [0.717, 1.165) is 35.3 Å². The number of piperazine rings is 1. The van der Waals surface area contributed by atoms with Gasteiger partial charge in [-0.1, -0.05) is 18.2 Å². The predicted molar refractivity (Wildman–Crippen MR) is 160 cm³/mol. The van der Waals surface area contributed by atoms with Crippen molar-refractivity contribution in [3.05, 3.63) is 76.2 Å². The summed E-state index contributed by atoms with van der Waals surface area (Å²) >= 11 is 1.70. The van der Waals surface area contributed by atoms with Gasteiger partial charge in [-0.3, -0.25) is 19.8 Å². The maximum absolute atomic E-state index is 12.8. The molecule has 0 saturated carbocycles. The second kappa shape index (κ2) is 14.1. The summed E-state index contributed by atoms with van der Waals surface area (Å²) in [5, 5.41) is 14.8. The molecule has 1 aliphatic rings. The minimum atomic E-state index is -0.409. The molecule has 1 fully saturated rings. The third-order valence-corrected chi connectivity index (χ3v) is 7.58. The number of hydrogen-bond donors (Lipinski definition) is 1. The number of aromatic nitrogens is 1. The van der Waals surface area contributed by atoms with Crippen LogP contribution in [-0.4, -0.2) is 91.8 Å². The average Bonchev–Trinajstić information content (AvgIpc) is 3.39. The van der Waals surface area contributed by atoms with Crippen LogP contribution >= 0.6 is 11.8 Å². The lowest BCUT2D eigenvalue weighted by atomic mass is 10.2. The third kappa shape index (κ3) is 8.20. The summed E-state index contributed by atoms with van der Waals surface area (Å²) in [7, 11) is 5.79. The van der Waals surface area contributed by atoms with Crippen molar-refractivity contribution in [1.29, 1.82) is 0 Å². The molecule has 0 radical (unpaired) electrons. The highest BCUT2D eigenvalue weighted by Gasteiger charge is 2.24. The van der Waals surface area contributed by atoms with Crippen LogP contribution in [-0.2, 0) is 17.1 Å². The van der Waals surface area contributed by atoms with Gasteiger partial charge in [0.15, 0.2) is 0 Å². The van der Waals surface area contributed by atoms with E-state index in [1.54, 1.807) is 29.8 Å². The number of nitrogens with one attached hydrogen (secondary N) is 1. The molecule has 3 aromatic rings. The molecule has 1 N–H and O–H groups in total. The first-order valence-electron chi connectivity index (χ1n) is 13.3. The second-order valence-corrected chi connectivity index (χ2v) is 11.0. The SMILES string of the molecule is CN(C)Cc1ccc(CSCCNc2nc(N3CCN(CC(=O)N(C)c4ccccc4)CC3)ccc2[N+](=O)[O-])o1. The topological polar surface area (TPSA) is 111 Å². The molecule has 1 amide bonds. The smallest absolute Gasteiger partial charge is 0.311 e. The van der Waals surface area contributed by atoms with Crippen molar-refractivity contribution in [2.45, 2.75) is 12.3 Å². The van der Waals surface area contributed by atoms with E-state index in [1.165, 1.54) is 6.07 Å². The van der Waals surface area contributed by atoms with E-state index < -0.39 is 4.92 Å². The number of anilines is 3. The third-order valence-electron chi connectivity index (χ3n) is 6.60. The Morgan fingerprint density at radius 3 is 2.48 bits per heavy atom. The highest BCUT2D eigenvalue weighted by molar-refractivity contribution is 7.98. The summed E-state index contributed by atoms with van der Waals surface area (Å²) in [6, 6.07) is 16.8. The first kappa shape index (κ1) is 29.4.